The predicted octanol–water partition coefficient (Wildman–Crippen LogP) is 2.23. The third-order valence-electron chi connectivity index (χ3n) is 2.44. The van der Waals surface area contributed by atoms with E-state index in [1.807, 2.05) is 25.1 Å². The topological polar surface area (TPSA) is 58.3 Å². The molecule has 0 bridgehead atoms. The summed E-state index contributed by atoms with van der Waals surface area (Å²) < 4.78 is 4.98. The minimum Gasteiger partial charge on any atom is -0.508 e. The zero-order chi connectivity index (χ0) is 11.4. The second-order valence-electron chi connectivity index (χ2n) is 3.68. The van der Waals surface area contributed by atoms with E-state index in [1.54, 1.807) is 18.3 Å². The SMILES string of the molecule is CC(NCc1ccno1)c1cccc(O)c1. The van der Waals surface area contributed by atoms with E-state index < -0.39 is 0 Å². The Labute approximate surface area is 93.9 Å². The van der Waals surface area contributed by atoms with Gasteiger partial charge in [0, 0.05) is 12.1 Å². The molecule has 4 heteroatoms. The van der Waals surface area contributed by atoms with Crippen LogP contribution in [0.4, 0.5) is 0 Å². The van der Waals surface area contributed by atoms with Crippen LogP contribution in [-0.2, 0) is 6.54 Å². The highest BCUT2D eigenvalue weighted by molar-refractivity contribution is 5.29. The molecule has 0 aliphatic carbocycles. The first-order valence-corrected chi connectivity index (χ1v) is 5.17. The van der Waals surface area contributed by atoms with E-state index in [2.05, 4.69) is 10.5 Å². The number of benzene rings is 1. The van der Waals surface area contributed by atoms with Gasteiger partial charge in [-0.05, 0) is 24.6 Å². The van der Waals surface area contributed by atoms with Gasteiger partial charge in [0.15, 0.2) is 0 Å². The van der Waals surface area contributed by atoms with E-state index in [-0.39, 0.29) is 11.8 Å². The molecule has 2 N–H and O–H groups in total. The van der Waals surface area contributed by atoms with Crippen LogP contribution in [0.1, 0.15) is 24.3 Å². The van der Waals surface area contributed by atoms with Gasteiger partial charge < -0.3 is 14.9 Å². The van der Waals surface area contributed by atoms with Crippen molar-refractivity contribution in [2.24, 2.45) is 0 Å². The summed E-state index contributed by atoms with van der Waals surface area (Å²) in [4.78, 5) is 0. The summed E-state index contributed by atoms with van der Waals surface area (Å²) >= 11 is 0. The Morgan fingerprint density at radius 2 is 2.31 bits per heavy atom. The highest BCUT2D eigenvalue weighted by Crippen LogP contribution is 2.18. The minimum absolute atomic E-state index is 0.150. The fourth-order valence-corrected chi connectivity index (χ4v) is 1.50. The third-order valence-corrected chi connectivity index (χ3v) is 2.44. The Morgan fingerprint density at radius 3 is 3.00 bits per heavy atom. The molecule has 2 rings (SSSR count). The summed E-state index contributed by atoms with van der Waals surface area (Å²) in [7, 11) is 0. The van der Waals surface area contributed by atoms with Gasteiger partial charge in [0.05, 0.1) is 12.7 Å². The summed E-state index contributed by atoms with van der Waals surface area (Å²) in [6, 6.07) is 9.18. The van der Waals surface area contributed by atoms with E-state index in [0.717, 1.165) is 11.3 Å². The van der Waals surface area contributed by atoms with Gasteiger partial charge in [0.1, 0.15) is 11.5 Å². The van der Waals surface area contributed by atoms with E-state index in [1.165, 1.54) is 0 Å². The number of aromatic nitrogens is 1. The highest BCUT2D eigenvalue weighted by Gasteiger charge is 2.06. The largest absolute Gasteiger partial charge is 0.508 e. The molecule has 0 fully saturated rings. The van der Waals surface area contributed by atoms with Gasteiger partial charge >= 0.3 is 0 Å². The van der Waals surface area contributed by atoms with Crippen LogP contribution in [-0.4, -0.2) is 10.3 Å². The lowest BCUT2D eigenvalue weighted by atomic mass is 10.1. The number of phenolic OH excluding ortho intramolecular Hbond substituents is 1. The number of aromatic hydroxyl groups is 1. The monoisotopic (exact) mass is 218 g/mol. The molecular weight excluding hydrogens is 204 g/mol. The lowest BCUT2D eigenvalue weighted by Crippen LogP contribution is -2.17. The van der Waals surface area contributed by atoms with Gasteiger partial charge in [-0.1, -0.05) is 17.3 Å². The maximum Gasteiger partial charge on any atom is 0.150 e. The number of hydrogen-bond donors (Lipinski definition) is 2. The molecule has 4 nitrogen and oxygen atoms in total. The van der Waals surface area contributed by atoms with Gasteiger partial charge in [-0.2, -0.15) is 0 Å². The molecule has 0 spiro atoms. The second-order valence-corrected chi connectivity index (χ2v) is 3.68. The van der Waals surface area contributed by atoms with Crippen molar-refractivity contribution in [1.29, 1.82) is 0 Å². The fourth-order valence-electron chi connectivity index (χ4n) is 1.50. The van der Waals surface area contributed by atoms with E-state index >= 15 is 0 Å². The minimum atomic E-state index is 0.150. The van der Waals surface area contributed by atoms with Gasteiger partial charge in [0.25, 0.3) is 0 Å². The molecule has 1 heterocycles. The van der Waals surface area contributed by atoms with Crippen molar-refractivity contribution < 1.29 is 9.63 Å². The molecule has 0 saturated heterocycles. The Morgan fingerprint density at radius 1 is 1.44 bits per heavy atom. The van der Waals surface area contributed by atoms with Crippen molar-refractivity contribution >= 4 is 0 Å². The first kappa shape index (κ1) is 10.7. The average molecular weight is 218 g/mol. The maximum atomic E-state index is 9.36. The Balaban J connectivity index is 1.95. The molecule has 1 atom stereocenters. The summed E-state index contributed by atoms with van der Waals surface area (Å²) in [6.07, 6.45) is 1.62. The molecule has 2 aromatic rings. The lowest BCUT2D eigenvalue weighted by molar-refractivity contribution is 0.366. The first-order chi connectivity index (χ1) is 7.75. The molecule has 0 aliphatic rings. The van der Waals surface area contributed by atoms with Crippen LogP contribution in [0.3, 0.4) is 0 Å². The van der Waals surface area contributed by atoms with E-state index in [4.69, 9.17) is 4.52 Å². The first-order valence-electron chi connectivity index (χ1n) is 5.17. The molecule has 1 aromatic heterocycles. The maximum absolute atomic E-state index is 9.36. The summed E-state index contributed by atoms with van der Waals surface area (Å²) in [5.74, 6) is 1.08. The van der Waals surface area contributed by atoms with Gasteiger partial charge in [-0.15, -0.1) is 0 Å². The van der Waals surface area contributed by atoms with Crippen molar-refractivity contribution in [2.45, 2.75) is 19.5 Å². The van der Waals surface area contributed by atoms with Gasteiger partial charge in [0.2, 0.25) is 0 Å². The van der Waals surface area contributed by atoms with Crippen molar-refractivity contribution in [3.8, 4) is 5.75 Å². The summed E-state index contributed by atoms with van der Waals surface area (Å²) in [5.41, 5.74) is 1.04. The number of hydrogen-bond acceptors (Lipinski definition) is 4. The van der Waals surface area contributed by atoms with Crippen LogP contribution < -0.4 is 5.32 Å². The van der Waals surface area contributed by atoms with Crippen LogP contribution >= 0.6 is 0 Å². The van der Waals surface area contributed by atoms with Crippen LogP contribution in [0, 0.1) is 0 Å². The van der Waals surface area contributed by atoms with Crippen LogP contribution in [0.25, 0.3) is 0 Å². The zero-order valence-corrected chi connectivity index (χ0v) is 9.05. The molecule has 1 unspecified atom stereocenters. The highest BCUT2D eigenvalue weighted by atomic mass is 16.5. The number of rotatable bonds is 4. The fraction of sp³-hybridized carbons (Fsp3) is 0.250. The van der Waals surface area contributed by atoms with E-state index in [0.29, 0.717) is 6.54 Å². The van der Waals surface area contributed by atoms with Crippen LogP contribution in [0.5, 0.6) is 5.75 Å². The van der Waals surface area contributed by atoms with Crippen molar-refractivity contribution in [3.63, 3.8) is 0 Å². The molecule has 0 aliphatic heterocycles. The standard InChI is InChI=1S/C12H14N2O2/c1-9(10-3-2-4-11(15)7-10)13-8-12-5-6-14-16-12/h2-7,9,13,15H,8H2,1H3. The van der Waals surface area contributed by atoms with Gasteiger partial charge in [-0.25, -0.2) is 0 Å². The normalized spacial score (nSPS) is 12.6. The number of nitrogens with zero attached hydrogens (tertiary/aromatic N) is 1. The third kappa shape index (κ3) is 2.61. The Kier molecular flexibility index (Phi) is 3.22. The zero-order valence-electron chi connectivity index (χ0n) is 9.05. The summed E-state index contributed by atoms with van der Waals surface area (Å²) in [5, 5.41) is 16.3. The van der Waals surface area contributed by atoms with E-state index in [9.17, 15) is 5.11 Å². The lowest BCUT2D eigenvalue weighted by Gasteiger charge is -2.13. The summed E-state index contributed by atoms with van der Waals surface area (Å²) in [6.45, 7) is 2.65. The van der Waals surface area contributed by atoms with Crippen molar-refractivity contribution in [3.05, 3.63) is 47.9 Å². The second kappa shape index (κ2) is 4.81. The Hall–Kier alpha value is -1.81. The molecule has 1 aromatic carbocycles. The van der Waals surface area contributed by atoms with Crippen LogP contribution in [0.15, 0.2) is 41.1 Å². The average Bonchev–Trinajstić information content (AvgIpc) is 2.78. The molecule has 16 heavy (non-hydrogen) atoms. The number of nitrogens with one attached hydrogen (secondary N) is 1. The Bertz CT molecular complexity index is 440. The van der Waals surface area contributed by atoms with Gasteiger partial charge in [-0.3, -0.25) is 0 Å². The molecule has 0 amide bonds. The molecule has 84 valence electrons. The molecular formula is C12H14N2O2. The molecule has 0 radical (unpaired) electrons. The quantitative estimate of drug-likeness (QED) is 0.826. The smallest absolute Gasteiger partial charge is 0.150 e. The predicted molar refractivity (Wildman–Crippen MR) is 59.9 cm³/mol. The number of phenols is 1. The van der Waals surface area contributed by atoms with Crippen molar-refractivity contribution in [2.75, 3.05) is 0 Å². The molecule has 0 saturated carbocycles. The van der Waals surface area contributed by atoms with Crippen LogP contribution in [0.2, 0.25) is 0 Å². The van der Waals surface area contributed by atoms with Crippen molar-refractivity contribution in [1.82, 2.24) is 10.5 Å².